The van der Waals surface area contributed by atoms with Gasteiger partial charge in [-0.2, -0.15) is 0 Å². The van der Waals surface area contributed by atoms with Crippen molar-refractivity contribution in [3.8, 4) is 0 Å². The Kier molecular flexibility index (Phi) is 6.65. The van der Waals surface area contributed by atoms with Crippen LogP contribution in [0.2, 0.25) is 0 Å². The second kappa shape index (κ2) is 7.49. The second-order valence-electron chi connectivity index (χ2n) is 6.58. The summed E-state index contributed by atoms with van der Waals surface area (Å²) in [4.78, 5) is 2.72. The van der Waals surface area contributed by atoms with E-state index in [9.17, 15) is 0 Å². The fourth-order valence-electron chi connectivity index (χ4n) is 3.18. The lowest BCUT2D eigenvalue weighted by molar-refractivity contribution is -0.638. The first-order chi connectivity index (χ1) is 8.60. The van der Waals surface area contributed by atoms with Crippen LogP contribution in [0, 0.1) is 17.3 Å². The molecule has 2 aliphatic heterocycles. The molecule has 2 saturated heterocycles. The molecule has 108 valence electrons. The maximum absolute atomic E-state index is 2.72. The molecular formula is C16H35N2+. The molecule has 0 amide bonds. The van der Waals surface area contributed by atoms with Crippen molar-refractivity contribution in [3.05, 3.63) is 0 Å². The van der Waals surface area contributed by atoms with Gasteiger partial charge in [-0.1, -0.05) is 34.6 Å². The largest absolute Gasteiger partial charge is 0.346 e. The third-order valence-corrected chi connectivity index (χ3v) is 5.19. The van der Waals surface area contributed by atoms with Crippen molar-refractivity contribution in [2.75, 3.05) is 32.7 Å². The van der Waals surface area contributed by atoms with E-state index in [1.165, 1.54) is 52.0 Å². The smallest absolute Gasteiger partial charge is 0.0798 e. The summed E-state index contributed by atoms with van der Waals surface area (Å²) in [7, 11) is 0. The Labute approximate surface area is 115 Å². The molecule has 0 aromatic rings. The molecule has 2 nitrogen and oxygen atoms in total. The van der Waals surface area contributed by atoms with Gasteiger partial charge in [-0.25, -0.2) is 0 Å². The van der Waals surface area contributed by atoms with Crippen LogP contribution >= 0.6 is 0 Å². The van der Waals surface area contributed by atoms with Gasteiger partial charge in [0.2, 0.25) is 0 Å². The number of quaternary nitrogens is 1. The number of hydrogen-bond donors (Lipinski definition) is 1. The number of hydrogen-bond acceptors (Lipinski definition) is 1. The van der Waals surface area contributed by atoms with E-state index in [1.54, 1.807) is 0 Å². The van der Waals surface area contributed by atoms with Gasteiger partial charge >= 0.3 is 0 Å². The van der Waals surface area contributed by atoms with Crippen molar-refractivity contribution in [2.24, 2.45) is 17.3 Å². The summed E-state index contributed by atoms with van der Waals surface area (Å²) in [6, 6.07) is 0. The quantitative estimate of drug-likeness (QED) is 0.820. The first-order valence-corrected chi connectivity index (χ1v) is 8.14. The van der Waals surface area contributed by atoms with Crippen LogP contribution in [-0.4, -0.2) is 37.6 Å². The third kappa shape index (κ3) is 4.24. The Morgan fingerprint density at radius 1 is 1.22 bits per heavy atom. The number of nitrogens with two attached hydrogens (primary N) is 1. The fourth-order valence-corrected chi connectivity index (χ4v) is 3.18. The van der Waals surface area contributed by atoms with Crippen LogP contribution in [0.15, 0.2) is 0 Å². The predicted molar refractivity (Wildman–Crippen MR) is 79.7 cm³/mol. The maximum Gasteiger partial charge on any atom is 0.0798 e. The Balaban J connectivity index is 0.000000771. The molecule has 0 spiro atoms. The first-order valence-electron chi connectivity index (χ1n) is 8.14. The monoisotopic (exact) mass is 255 g/mol. The molecular weight excluding hydrogens is 220 g/mol. The molecule has 0 radical (unpaired) electrons. The average molecular weight is 255 g/mol. The molecule has 2 fully saturated rings. The van der Waals surface area contributed by atoms with E-state index in [4.69, 9.17) is 0 Å². The molecule has 1 atom stereocenters. The number of nitrogens with zero attached hydrogens (tertiary/aromatic N) is 1. The SMILES string of the molecule is CC.CC(C)C1(C)CCN(C[C@@H]2CC[NH2+]C2)CC1. The molecule has 0 unspecified atom stereocenters. The summed E-state index contributed by atoms with van der Waals surface area (Å²) in [6.07, 6.45) is 4.25. The van der Waals surface area contributed by atoms with Gasteiger partial charge in [0, 0.05) is 18.9 Å². The van der Waals surface area contributed by atoms with Crippen LogP contribution in [0.1, 0.15) is 53.9 Å². The normalized spacial score (nSPS) is 28.0. The van der Waals surface area contributed by atoms with Gasteiger partial charge in [-0.05, 0) is 37.3 Å². The van der Waals surface area contributed by atoms with Gasteiger partial charge in [-0.15, -0.1) is 0 Å². The van der Waals surface area contributed by atoms with Crippen LogP contribution < -0.4 is 5.32 Å². The molecule has 0 aliphatic carbocycles. The van der Waals surface area contributed by atoms with Crippen molar-refractivity contribution in [2.45, 2.75) is 53.9 Å². The van der Waals surface area contributed by atoms with Crippen molar-refractivity contribution >= 4 is 0 Å². The summed E-state index contributed by atoms with van der Waals surface area (Å²) >= 11 is 0. The van der Waals surface area contributed by atoms with Gasteiger partial charge < -0.3 is 10.2 Å². The lowest BCUT2D eigenvalue weighted by Gasteiger charge is -2.42. The molecule has 0 saturated carbocycles. The minimum Gasteiger partial charge on any atom is -0.346 e. The van der Waals surface area contributed by atoms with Crippen molar-refractivity contribution in [1.82, 2.24) is 4.90 Å². The average Bonchev–Trinajstić information content (AvgIpc) is 2.87. The Morgan fingerprint density at radius 3 is 2.28 bits per heavy atom. The van der Waals surface area contributed by atoms with Crippen LogP contribution in [0.25, 0.3) is 0 Å². The van der Waals surface area contributed by atoms with E-state index in [0.717, 1.165) is 11.8 Å². The maximum atomic E-state index is 2.72. The molecule has 0 aromatic carbocycles. The summed E-state index contributed by atoms with van der Waals surface area (Å²) in [5.41, 5.74) is 0.609. The highest BCUT2D eigenvalue weighted by molar-refractivity contribution is 4.85. The Bertz CT molecular complexity index is 211. The molecule has 0 bridgehead atoms. The van der Waals surface area contributed by atoms with Gasteiger partial charge in [0.15, 0.2) is 0 Å². The third-order valence-electron chi connectivity index (χ3n) is 5.19. The minimum atomic E-state index is 0.609. The highest BCUT2D eigenvalue weighted by Gasteiger charge is 2.33. The zero-order chi connectivity index (χ0) is 13.6. The zero-order valence-electron chi connectivity index (χ0n) is 13.3. The van der Waals surface area contributed by atoms with Crippen molar-refractivity contribution in [3.63, 3.8) is 0 Å². The highest BCUT2D eigenvalue weighted by atomic mass is 15.1. The predicted octanol–water partition coefficient (Wildman–Crippen LogP) is 2.35. The van der Waals surface area contributed by atoms with Gasteiger partial charge in [-0.3, -0.25) is 0 Å². The lowest BCUT2D eigenvalue weighted by atomic mass is 9.72. The fraction of sp³-hybridized carbons (Fsp3) is 1.00. The van der Waals surface area contributed by atoms with E-state index in [1.807, 2.05) is 13.8 Å². The Morgan fingerprint density at radius 2 is 1.83 bits per heavy atom. The second-order valence-corrected chi connectivity index (χ2v) is 6.58. The van der Waals surface area contributed by atoms with E-state index < -0.39 is 0 Å². The van der Waals surface area contributed by atoms with Gasteiger partial charge in [0.1, 0.15) is 0 Å². The number of piperidine rings is 1. The van der Waals surface area contributed by atoms with Crippen LogP contribution in [0.5, 0.6) is 0 Å². The van der Waals surface area contributed by atoms with Gasteiger partial charge in [0.05, 0.1) is 13.1 Å². The molecule has 2 heterocycles. The first kappa shape index (κ1) is 16.0. The molecule has 0 aromatic heterocycles. The van der Waals surface area contributed by atoms with E-state index in [0.29, 0.717) is 5.41 Å². The summed E-state index contributed by atoms with van der Waals surface area (Å²) < 4.78 is 0. The Hall–Kier alpha value is -0.0800. The van der Waals surface area contributed by atoms with Crippen molar-refractivity contribution < 1.29 is 5.32 Å². The van der Waals surface area contributed by atoms with Crippen LogP contribution in [0.4, 0.5) is 0 Å². The van der Waals surface area contributed by atoms with E-state index >= 15 is 0 Å². The summed E-state index contributed by atoms with van der Waals surface area (Å²) in [5, 5.41) is 2.48. The molecule has 2 N–H and O–H groups in total. The zero-order valence-corrected chi connectivity index (χ0v) is 13.3. The minimum absolute atomic E-state index is 0.609. The molecule has 2 heteroatoms. The number of rotatable bonds is 3. The topological polar surface area (TPSA) is 19.9 Å². The van der Waals surface area contributed by atoms with Crippen LogP contribution in [0.3, 0.4) is 0 Å². The highest BCUT2D eigenvalue weighted by Crippen LogP contribution is 2.38. The standard InChI is InChI=1S/C14H28N2.C2H6/c1-12(2)14(3)5-8-16(9-6-14)11-13-4-7-15-10-13;1-2/h12-13,15H,4-11H2,1-3H3;1-2H3/p+1/t13-;/m1./s1. The van der Waals surface area contributed by atoms with Crippen LogP contribution in [-0.2, 0) is 0 Å². The molecule has 18 heavy (non-hydrogen) atoms. The van der Waals surface area contributed by atoms with Crippen molar-refractivity contribution in [1.29, 1.82) is 0 Å². The van der Waals surface area contributed by atoms with E-state index in [-0.39, 0.29) is 0 Å². The molecule has 2 rings (SSSR count). The molecule has 2 aliphatic rings. The lowest BCUT2D eigenvalue weighted by Crippen LogP contribution is -2.81. The van der Waals surface area contributed by atoms with E-state index in [2.05, 4.69) is 31.0 Å². The van der Waals surface area contributed by atoms with Gasteiger partial charge in [0.25, 0.3) is 0 Å². The summed E-state index contributed by atoms with van der Waals surface area (Å²) in [6.45, 7) is 18.0. The number of likely N-dealkylation sites (tertiary alicyclic amines) is 1. The summed E-state index contributed by atoms with van der Waals surface area (Å²) in [5.74, 6) is 1.82.